The van der Waals surface area contributed by atoms with E-state index in [1.165, 1.54) is 31.4 Å². The molecule has 21 heavy (non-hydrogen) atoms. The van der Waals surface area contributed by atoms with Gasteiger partial charge in [0.1, 0.15) is 5.75 Å². The summed E-state index contributed by atoms with van der Waals surface area (Å²) in [6, 6.07) is 8.31. The predicted octanol–water partition coefficient (Wildman–Crippen LogP) is 3.55. The zero-order valence-corrected chi connectivity index (χ0v) is 14.0. The Labute approximate surface area is 129 Å². The molecule has 2 unspecified atom stereocenters. The summed E-state index contributed by atoms with van der Waals surface area (Å²) in [5.74, 6) is 1.79. The van der Waals surface area contributed by atoms with Crippen molar-refractivity contribution < 1.29 is 4.74 Å². The van der Waals surface area contributed by atoms with Crippen LogP contribution in [0.2, 0.25) is 0 Å². The molecule has 0 heterocycles. The molecule has 1 saturated carbocycles. The van der Waals surface area contributed by atoms with E-state index in [-0.39, 0.29) is 0 Å². The number of para-hydroxylation sites is 2. The van der Waals surface area contributed by atoms with Gasteiger partial charge in [-0.2, -0.15) is 0 Å². The van der Waals surface area contributed by atoms with E-state index >= 15 is 0 Å². The lowest BCUT2D eigenvalue weighted by Crippen LogP contribution is -2.45. The first-order chi connectivity index (χ1) is 10.1. The van der Waals surface area contributed by atoms with Crippen molar-refractivity contribution in [3.63, 3.8) is 0 Å². The van der Waals surface area contributed by atoms with Gasteiger partial charge in [-0.05, 0) is 37.9 Å². The summed E-state index contributed by atoms with van der Waals surface area (Å²) in [6.07, 6.45) is 5.36. The third-order valence-corrected chi connectivity index (χ3v) is 4.81. The molecule has 0 aromatic heterocycles. The molecular weight excluding hydrogens is 260 g/mol. The van der Waals surface area contributed by atoms with Gasteiger partial charge >= 0.3 is 0 Å². The van der Waals surface area contributed by atoms with Crippen LogP contribution in [0.15, 0.2) is 24.3 Å². The number of nitrogens with one attached hydrogen (secondary N) is 1. The van der Waals surface area contributed by atoms with Crippen LogP contribution in [0, 0.1) is 11.3 Å². The van der Waals surface area contributed by atoms with Gasteiger partial charge in [0, 0.05) is 25.6 Å². The van der Waals surface area contributed by atoms with Gasteiger partial charge < -0.3 is 15.0 Å². The first kappa shape index (κ1) is 16.2. The van der Waals surface area contributed by atoms with Gasteiger partial charge in [-0.25, -0.2) is 0 Å². The fourth-order valence-corrected chi connectivity index (χ4v) is 4.04. The Hall–Kier alpha value is -1.22. The van der Waals surface area contributed by atoms with Crippen LogP contribution in [0.25, 0.3) is 0 Å². The third-order valence-electron chi connectivity index (χ3n) is 4.81. The van der Waals surface area contributed by atoms with Crippen LogP contribution >= 0.6 is 0 Å². The van der Waals surface area contributed by atoms with E-state index < -0.39 is 0 Å². The molecule has 0 radical (unpaired) electrons. The Morgan fingerprint density at radius 1 is 1.38 bits per heavy atom. The van der Waals surface area contributed by atoms with E-state index in [9.17, 15) is 0 Å². The largest absolute Gasteiger partial charge is 0.495 e. The number of methoxy groups -OCH3 is 1. The molecular formula is C18H30N2O. The van der Waals surface area contributed by atoms with Gasteiger partial charge in [0.15, 0.2) is 0 Å². The topological polar surface area (TPSA) is 24.5 Å². The van der Waals surface area contributed by atoms with E-state index in [1.807, 2.05) is 12.1 Å². The quantitative estimate of drug-likeness (QED) is 0.867. The minimum atomic E-state index is 0.377. The summed E-state index contributed by atoms with van der Waals surface area (Å²) < 4.78 is 5.51. The van der Waals surface area contributed by atoms with Crippen molar-refractivity contribution in [1.82, 2.24) is 5.32 Å². The lowest BCUT2D eigenvalue weighted by Gasteiger charge is -2.43. The number of anilines is 1. The second kappa shape index (κ2) is 7.17. The molecule has 0 amide bonds. The predicted molar refractivity (Wildman–Crippen MR) is 90.3 cm³/mol. The number of hydrogen-bond donors (Lipinski definition) is 1. The highest BCUT2D eigenvalue weighted by Gasteiger charge is 2.35. The molecule has 2 atom stereocenters. The molecule has 1 N–H and O–H groups in total. The smallest absolute Gasteiger partial charge is 0.142 e. The summed E-state index contributed by atoms with van der Waals surface area (Å²) >= 11 is 0. The van der Waals surface area contributed by atoms with Crippen LogP contribution in [-0.4, -0.2) is 34.3 Å². The Morgan fingerprint density at radius 3 is 2.81 bits per heavy atom. The Bertz CT molecular complexity index is 445. The molecule has 0 bridgehead atoms. The summed E-state index contributed by atoms with van der Waals surface area (Å²) in [5, 5.41) is 3.43. The minimum Gasteiger partial charge on any atom is -0.495 e. The molecule has 1 fully saturated rings. The maximum atomic E-state index is 5.51. The average Bonchev–Trinajstić information content (AvgIpc) is 2.47. The van der Waals surface area contributed by atoms with Crippen molar-refractivity contribution >= 4 is 5.69 Å². The molecule has 0 saturated heterocycles. The SMILES string of the molecule is CNCC1(CN(C)c2ccccc2OC)CCCC(C)C1. The number of ether oxygens (including phenoxy) is 1. The van der Waals surface area contributed by atoms with Crippen LogP contribution in [0.5, 0.6) is 5.75 Å². The second-order valence-corrected chi connectivity index (χ2v) is 6.76. The molecule has 118 valence electrons. The highest BCUT2D eigenvalue weighted by atomic mass is 16.5. The molecule has 1 aromatic rings. The highest BCUT2D eigenvalue weighted by molar-refractivity contribution is 5.58. The van der Waals surface area contributed by atoms with Gasteiger partial charge in [0.05, 0.1) is 12.8 Å². The average molecular weight is 290 g/mol. The maximum absolute atomic E-state index is 5.51. The number of nitrogens with zero attached hydrogens (tertiary/aromatic N) is 1. The highest BCUT2D eigenvalue weighted by Crippen LogP contribution is 2.41. The fourth-order valence-electron chi connectivity index (χ4n) is 4.04. The van der Waals surface area contributed by atoms with Crippen molar-refractivity contribution in [3.8, 4) is 5.75 Å². The lowest BCUT2D eigenvalue weighted by atomic mass is 9.69. The lowest BCUT2D eigenvalue weighted by molar-refractivity contribution is 0.151. The van der Waals surface area contributed by atoms with Crippen LogP contribution in [-0.2, 0) is 0 Å². The minimum absolute atomic E-state index is 0.377. The van der Waals surface area contributed by atoms with Crippen molar-refractivity contribution in [2.75, 3.05) is 39.2 Å². The Balaban J connectivity index is 2.16. The summed E-state index contributed by atoms with van der Waals surface area (Å²) in [5.41, 5.74) is 1.57. The van der Waals surface area contributed by atoms with Crippen LogP contribution in [0.4, 0.5) is 5.69 Å². The fraction of sp³-hybridized carbons (Fsp3) is 0.667. The van der Waals surface area contributed by atoms with E-state index in [4.69, 9.17) is 4.74 Å². The Morgan fingerprint density at radius 2 is 2.14 bits per heavy atom. The van der Waals surface area contributed by atoms with Gasteiger partial charge in [0.25, 0.3) is 0 Å². The molecule has 3 nitrogen and oxygen atoms in total. The Kier molecular flexibility index (Phi) is 5.51. The zero-order chi connectivity index (χ0) is 15.3. The molecule has 1 aliphatic rings. The van der Waals surface area contributed by atoms with Crippen molar-refractivity contribution in [3.05, 3.63) is 24.3 Å². The van der Waals surface area contributed by atoms with Crippen LogP contribution in [0.1, 0.15) is 32.6 Å². The number of benzene rings is 1. The zero-order valence-electron chi connectivity index (χ0n) is 14.0. The maximum Gasteiger partial charge on any atom is 0.142 e. The molecule has 3 heteroatoms. The van der Waals surface area contributed by atoms with Crippen molar-refractivity contribution in [1.29, 1.82) is 0 Å². The first-order valence-electron chi connectivity index (χ1n) is 8.09. The first-order valence-corrected chi connectivity index (χ1v) is 8.09. The van der Waals surface area contributed by atoms with Gasteiger partial charge in [-0.1, -0.05) is 31.9 Å². The van der Waals surface area contributed by atoms with Crippen molar-refractivity contribution in [2.45, 2.75) is 32.6 Å². The van der Waals surface area contributed by atoms with E-state index in [0.29, 0.717) is 5.41 Å². The molecule has 1 aliphatic carbocycles. The van der Waals surface area contributed by atoms with Gasteiger partial charge in [-0.15, -0.1) is 0 Å². The second-order valence-electron chi connectivity index (χ2n) is 6.76. The molecule has 0 spiro atoms. The van der Waals surface area contributed by atoms with Gasteiger partial charge in [-0.3, -0.25) is 0 Å². The van der Waals surface area contributed by atoms with Crippen molar-refractivity contribution in [2.24, 2.45) is 11.3 Å². The van der Waals surface area contributed by atoms with Crippen LogP contribution in [0.3, 0.4) is 0 Å². The number of hydrogen-bond acceptors (Lipinski definition) is 3. The monoisotopic (exact) mass is 290 g/mol. The van der Waals surface area contributed by atoms with E-state index in [0.717, 1.165) is 24.8 Å². The summed E-state index contributed by atoms with van der Waals surface area (Å²) in [6.45, 7) is 4.57. The summed E-state index contributed by atoms with van der Waals surface area (Å²) in [7, 11) is 6.01. The van der Waals surface area contributed by atoms with E-state index in [2.05, 4.69) is 43.4 Å². The normalized spacial score (nSPS) is 25.6. The van der Waals surface area contributed by atoms with Crippen LogP contribution < -0.4 is 15.0 Å². The van der Waals surface area contributed by atoms with Gasteiger partial charge in [0.2, 0.25) is 0 Å². The standard InChI is InChI=1S/C18H30N2O/c1-15-8-7-11-18(12-15,13-19-2)14-20(3)16-9-5-6-10-17(16)21-4/h5-6,9-10,15,19H,7-8,11-14H2,1-4H3. The third kappa shape index (κ3) is 3.91. The summed E-state index contributed by atoms with van der Waals surface area (Å²) in [4.78, 5) is 2.37. The number of rotatable bonds is 6. The van der Waals surface area contributed by atoms with E-state index in [1.54, 1.807) is 7.11 Å². The molecule has 0 aliphatic heterocycles. The molecule has 2 rings (SSSR count). The molecule has 1 aromatic carbocycles.